The van der Waals surface area contributed by atoms with Gasteiger partial charge in [-0.25, -0.2) is 4.98 Å². The van der Waals surface area contributed by atoms with Crippen LogP contribution in [0.15, 0.2) is 52.1 Å². The summed E-state index contributed by atoms with van der Waals surface area (Å²) in [5, 5.41) is 2.71. The molecule has 6 nitrogen and oxygen atoms in total. The van der Waals surface area contributed by atoms with Gasteiger partial charge in [-0.15, -0.1) is 12.4 Å². The van der Waals surface area contributed by atoms with Gasteiger partial charge in [-0.05, 0) is 59.6 Å². The number of benzene rings is 1. The molecule has 162 valence electrons. The third-order valence-corrected chi connectivity index (χ3v) is 5.21. The number of nitrogens with zero attached hydrogens (tertiary/aromatic N) is 2. The van der Waals surface area contributed by atoms with Gasteiger partial charge in [-0.3, -0.25) is 9.79 Å². The van der Waals surface area contributed by atoms with Crippen LogP contribution in [0, 0.1) is 0 Å². The molecule has 11 heteroatoms. The zero-order valence-corrected chi connectivity index (χ0v) is 18.4. The van der Waals surface area contributed by atoms with E-state index in [9.17, 15) is 18.0 Å². The van der Waals surface area contributed by atoms with Crippen LogP contribution in [0.4, 0.5) is 18.9 Å². The number of carbonyl (C=O) groups excluding carboxylic acids is 1. The van der Waals surface area contributed by atoms with E-state index >= 15 is 0 Å². The SMILES string of the molecule is C[C@@]1(c2cccc(NC(=O)c3ccc(Br)cn3)c2)CO[C@@](C)(C(F)(F)F)C(N)=N1.Cl. The molecule has 0 spiro atoms. The number of alkyl halides is 3. The predicted molar refractivity (Wildman–Crippen MR) is 113 cm³/mol. The molecule has 1 amide bonds. The molecule has 3 rings (SSSR count). The summed E-state index contributed by atoms with van der Waals surface area (Å²) in [6, 6.07) is 9.86. The maximum Gasteiger partial charge on any atom is 0.424 e. The zero-order chi connectivity index (χ0) is 21.4. The predicted octanol–water partition coefficient (Wildman–Crippen LogP) is 4.44. The van der Waals surface area contributed by atoms with Crippen molar-refractivity contribution in [3.8, 4) is 0 Å². The molecular formula is C19H19BrClF3N4O2. The van der Waals surface area contributed by atoms with E-state index in [1.807, 2.05) is 0 Å². The Balaban J connectivity index is 0.00000320. The molecule has 2 heterocycles. The van der Waals surface area contributed by atoms with Crippen LogP contribution in [0.5, 0.6) is 0 Å². The number of nitrogens with one attached hydrogen (secondary N) is 1. The number of halogens is 5. The van der Waals surface area contributed by atoms with Crippen LogP contribution < -0.4 is 11.1 Å². The minimum absolute atomic E-state index is 0. The van der Waals surface area contributed by atoms with E-state index in [0.29, 0.717) is 11.3 Å². The van der Waals surface area contributed by atoms with E-state index in [4.69, 9.17) is 10.5 Å². The third kappa shape index (κ3) is 4.60. The summed E-state index contributed by atoms with van der Waals surface area (Å²) in [4.78, 5) is 20.5. The van der Waals surface area contributed by atoms with Crippen molar-refractivity contribution in [2.24, 2.45) is 10.7 Å². The highest BCUT2D eigenvalue weighted by Crippen LogP contribution is 2.41. The van der Waals surface area contributed by atoms with Crippen molar-refractivity contribution in [2.75, 3.05) is 11.9 Å². The molecule has 30 heavy (non-hydrogen) atoms. The summed E-state index contributed by atoms with van der Waals surface area (Å²) < 4.78 is 45.7. The highest BCUT2D eigenvalue weighted by Gasteiger charge is 2.58. The van der Waals surface area contributed by atoms with Crippen molar-refractivity contribution in [1.82, 2.24) is 4.98 Å². The van der Waals surface area contributed by atoms with Crippen LogP contribution in [-0.4, -0.2) is 35.1 Å². The Morgan fingerprint density at radius 3 is 2.53 bits per heavy atom. The number of rotatable bonds is 3. The first-order valence-corrected chi connectivity index (χ1v) is 9.34. The van der Waals surface area contributed by atoms with Gasteiger partial charge in [0.15, 0.2) is 0 Å². The molecule has 1 aromatic heterocycles. The summed E-state index contributed by atoms with van der Waals surface area (Å²) >= 11 is 3.25. The van der Waals surface area contributed by atoms with Crippen LogP contribution in [0.2, 0.25) is 0 Å². The summed E-state index contributed by atoms with van der Waals surface area (Å²) in [6.07, 6.45) is -3.18. The summed E-state index contributed by atoms with van der Waals surface area (Å²) in [5.41, 5.74) is 3.08. The molecule has 0 fully saturated rings. The number of anilines is 1. The molecule has 1 aliphatic rings. The lowest BCUT2D eigenvalue weighted by Crippen LogP contribution is -2.60. The van der Waals surface area contributed by atoms with Gasteiger partial charge in [0, 0.05) is 16.4 Å². The monoisotopic (exact) mass is 506 g/mol. The molecule has 0 unspecified atom stereocenters. The molecule has 0 aliphatic carbocycles. The van der Waals surface area contributed by atoms with Crippen LogP contribution in [0.25, 0.3) is 0 Å². The van der Waals surface area contributed by atoms with E-state index in [1.54, 1.807) is 43.3 Å². The minimum Gasteiger partial charge on any atom is -0.385 e. The largest absolute Gasteiger partial charge is 0.424 e. The minimum atomic E-state index is -4.69. The lowest BCUT2D eigenvalue weighted by atomic mass is 9.90. The topological polar surface area (TPSA) is 89.6 Å². The van der Waals surface area contributed by atoms with Gasteiger partial charge in [0.05, 0.1) is 6.61 Å². The van der Waals surface area contributed by atoms with Gasteiger partial charge < -0.3 is 15.8 Å². The van der Waals surface area contributed by atoms with Crippen molar-refractivity contribution in [3.63, 3.8) is 0 Å². The number of aromatic nitrogens is 1. The first-order valence-electron chi connectivity index (χ1n) is 8.54. The highest BCUT2D eigenvalue weighted by atomic mass is 79.9. The Morgan fingerprint density at radius 2 is 1.97 bits per heavy atom. The fourth-order valence-corrected chi connectivity index (χ4v) is 3.01. The van der Waals surface area contributed by atoms with Crippen molar-refractivity contribution < 1.29 is 22.7 Å². The first kappa shape index (κ1) is 24.1. The number of hydrogen-bond acceptors (Lipinski definition) is 5. The van der Waals surface area contributed by atoms with Crippen molar-refractivity contribution in [2.45, 2.75) is 31.2 Å². The Bertz CT molecular complexity index is 971. The third-order valence-electron chi connectivity index (χ3n) is 4.74. The smallest absolute Gasteiger partial charge is 0.385 e. The second kappa shape index (κ2) is 8.52. The van der Waals surface area contributed by atoms with Gasteiger partial charge in [0.2, 0.25) is 5.60 Å². The fourth-order valence-electron chi connectivity index (χ4n) is 2.78. The molecule has 0 saturated carbocycles. The number of nitrogens with two attached hydrogens (primary N) is 1. The van der Waals surface area contributed by atoms with Gasteiger partial charge in [0.1, 0.15) is 17.1 Å². The fraction of sp³-hybridized carbons (Fsp3) is 0.316. The molecule has 1 aromatic carbocycles. The number of ether oxygens (including phenoxy) is 1. The van der Waals surface area contributed by atoms with Gasteiger partial charge in [-0.2, -0.15) is 13.2 Å². The normalized spacial score (nSPS) is 23.9. The quantitative estimate of drug-likeness (QED) is 0.643. The molecule has 0 radical (unpaired) electrons. The average Bonchev–Trinajstić information content (AvgIpc) is 2.65. The lowest BCUT2D eigenvalue weighted by Gasteiger charge is -2.41. The Labute approximate surface area is 185 Å². The Hall–Kier alpha value is -2.17. The average molecular weight is 508 g/mol. The number of hydrogen-bond donors (Lipinski definition) is 2. The van der Waals surface area contributed by atoms with E-state index in [0.717, 1.165) is 11.4 Å². The summed E-state index contributed by atoms with van der Waals surface area (Å²) in [6.45, 7) is 2.15. The molecule has 0 saturated heterocycles. The molecule has 0 bridgehead atoms. The Kier molecular flexibility index (Phi) is 6.85. The lowest BCUT2D eigenvalue weighted by molar-refractivity contribution is -0.249. The van der Waals surface area contributed by atoms with Gasteiger partial charge in [-0.1, -0.05) is 12.1 Å². The van der Waals surface area contributed by atoms with Crippen LogP contribution in [0.1, 0.15) is 29.9 Å². The number of carbonyl (C=O) groups is 1. The van der Waals surface area contributed by atoms with Crippen LogP contribution in [-0.2, 0) is 10.3 Å². The van der Waals surface area contributed by atoms with Crippen LogP contribution >= 0.6 is 28.3 Å². The van der Waals surface area contributed by atoms with E-state index < -0.39 is 29.1 Å². The zero-order valence-electron chi connectivity index (χ0n) is 16.0. The number of amidine groups is 1. The van der Waals surface area contributed by atoms with E-state index in [-0.39, 0.29) is 24.7 Å². The molecule has 1 aliphatic heterocycles. The molecule has 3 N–H and O–H groups in total. The van der Waals surface area contributed by atoms with E-state index in [1.165, 1.54) is 6.20 Å². The second-order valence-corrected chi connectivity index (χ2v) is 7.90. The first-order chi connectivity index (χ1) is 13.4. The summed E-state index contributed by atoms with van der Waals surface area (Å²) in [7, 11) is 0. The molecule has 2 aromatic rings. The summed E-state index contributed by atoms with van der Waals surface area (Å²) in [5.74, 6) is -1.07. The molecular weight excluding hydrogens is 489 g/mol. The van der Waals surface area contributed by atoms with Crippen molar-refractivity contribution in [3.05, 3.63) is 58.3 Å². The van der Waals surface area contributed by atoms with Gasteiger partial charge in [0.25, 0.3) is 5.91 Å². The van der Waals surface area contributed by atoms with Crippen molar-refractivity contribution >= 4 is 45.8 Å². The maximum atomic E-state index is 13.3. The Morgan fingerprint density at radius 1 is 1.27 bits per heavy atom. The number of aliphatic imine (C=N–C) groups is 1. The number of amides is 1. The maximum absolute atomic E-state index is 13.3. The van der Waals surface area contributed by atoms with E-state index in [2.05, 4.69) is 31.2 Å². The molecule has 2 atom stereocenters. The standard InChI is InChI=1S/C19H18BrF3N4O2.ClH/c1-17(10-29-18(2,16(24)27-17)19(21,22)23)11-4-3-5-13(8-11)26-15(28)14-7-6-12(20)9-25-14;/h3-9H,10H2,1-2H3,(H2,24,27)(H,26,28);1H/t17-,18+;/m0./s1. The van der Waals surface area contributed by atoms with Crippen LogP contribution in [0.3, 0.4) is 0 Å². The highest BCUT2D eigenvalue weighted by molar-refractivity contribution is 9.10. The van der Waals surface area contributed by atoms with Crippen molar-refractivity contribution in [1.29, 1.82) is 0 Å². The second-order valence-electron chi connectivity index (χ2n) is 6.99. The van der Waals surface area contributed by atoms with Gasteiger partial charge >= 0.3 is 6.18 Å². The number of pyridine rings is 1.